The van der Waals surface area contributed by atoms with Gasteiger partial charge in [-0.1, -0.05) is 12.1 Å². The third-order valence-corrected chi connectivity index (χ3v) is 3.88. The third kappa shape index (κ3) is 12.4. The topological polar surface area (TPSA) is 64.1 Å². The van der Waals surface area contributed by atoms with Gasteiger partial charge in [-0.05, 0) is 52.2 Å². The normalized spacial score (nSPS) is 11.1. The molecule has 0 atom stereocenters. The highest BCUT2D eigenvalue weighted by molar-refractivity contribution is 14.0. The number of aryl methyl sites for hydroxylation is 1. The SMILES string of the molecule is CCNC(=NCc1ccc(C)cc1OCCOCC)NCCCCOCC.I. The first-order valence-corrected chi connectivity index (χ1v) is 10.1. The zero-order valence-corrected chi connectivity index (χ0v) is 20.2. The average Bonchev–Trinajstić information content (AvgIpc) is 2.67. The summed E-state index contributed by atoms with van der Waals surface area (Å²) in [6, 6.07) is 6.24. The maximum absolute atomic E-state index is 5.90. The van der Waals surface area contributed by atoms with Gasteiger partial charge in [-0.15, -0.1) is 24.0 Å². The van der Waals surface area contributed by atoms with Gasteiger partial charge in [-0.25, -0.2) is 4.99 Å². The van der Waals surface area contributed by atoms with Crippen LogP contribution in [0.4, 0.5) is 0 Å². The molecular formula is C21H38IN3O3. The van der Waals surface area contributed by atoms with Crippen LogP contribution in [0.1, 0.15) is 44.7 Å². The number of aliphatic imine (C=N–C) groups is 1. The molecule has 0 heterocycles. The second-order valence-corrected chi connectivity index (χ2v) is 6.18. The highest BCUT2D eigenvalue weighted by Gasteiger charge is 2.05. The molecule has 0 spiro atoms. The molecule has 0 radical (unpaired) electrons. The number of hydrogen-bond donors (Lipinski definition) is 2. The molecule has 2 N–H and O–H groups in total. The molecule has 7 heteroatoms. The second kappa shape index (κ2) is 18.0. The largest absolute Gasteiger partial charge is 0.491 e. The summed E-state index contributed by atoms with van der Waals surface area (Å²) in [7, 11) is 0. The lowest BCUT2D eigenvalue weighted by Gasteiger charge is -2.14. The Morgan fingerprint density at radius 2 is 1.71 bits per heavy atom. The van der Waals surface area contributed by atoms with E-state index in [9.17, 15) is 0 Å². The first kappa shape index (κ1) is 26.9. The number of unbranched alkanes of at least 4 members (excludes halogenated alkanes) is 1. The summed E-state index contributed by atoms with van der Waals surface area (Å²) in [5.41, 5.74) is 2.25. The summed E-state index contributed by atoms with van der Waals surface area (Å²) in [4.78, 5) is 4.70. The van der Waals surface area contributed by atoms with E-state index in [2.05, 4.69) is 42.7 Å². The van der Waals surface area contributed by atoms with Crippen molar-refractivity contribution in [2.45, 2.75) is 47.1 Å². The quantitative estimate of drug-likeness (QED) is 0.173. The van der Waals surface area contributed by atoms with E-state index < -0.39 is 0 Å². The molecule has 0 saturated carbocycles. The number of nitrogens with zero attached hydrogens (tertiary/aromatic N) is 1. The van der Waals surface area contributed by atoms with Crippen LogP contribution in [0.2, 0.25) is 0 Å². The van der Waals surface area contributed by atoms with Gasteiger partial charge in [0.2, 0.25) is 0 Å². The van der Waals surface area contributed by atoms with E-state index in [4.69, 9.17) is 19.2 Å². The van der Waals surface area contributed by atoms with Crippen LogP contribution in [0.25, 0.3) is 0 Å². The molecule has 0 aliphatic heterocycles. The van der Waals surface area contributed by atoms with Crippen molar-refractivity contribution in [1.29, 1.82) is 0 Å². The molecule has 1 aromatic rings. The van der Waals surface area contributed by atoms with Crippen LogP contribution in [0.3, 0.4) is 0 Å². The summed E-state index contributed by atoms with van der Waals surface area (Å²) < 4.78 is 16.6. The van der Waals surface area contributed by atoms with Crippen LogP contribution >= 0.6 is 24.0 Å². The Hall–Kier alpha value is -1.06. The number of guanidine groups is 1. The summed E-state index contributed by atoms with van der Waals surface area (Å²) in [6.45, 7) is 13.9. The highest BCUT2D eigenvalue weighted by atomic mass is 127. The number of hydrogen-bond acceptors (Lipinski definition) is 4. The van der Waals surface area contributed by atoms with E-state index in [1.165, 1.54) is 5.56 Å². The zero-order chi connectivity index (χ0) is 19.7. The first-order valence-electron chi connectivity index (χ1n) is 10.1. The van der Waals surface area contributed by atoms with Crippen molar-refractivity contribution in [1.82, 2.24) is 10.6 Å². The Morgan fingerprint density at radius 3 is 2.43 bits per heavy atom. The lowest BCUT2D eigenvalue weighted by molar-refractivity contribution is 0.110. The molecule has 0 aliphatic carbocycles. The highest BCUT2D eigenvalue weighted by Crippen LogP contribution is 2.21. The molecule has 1 aromatic carbocycles. The van der Waals surface area contributed by atoms with Crippen LogP contribution in [0.5, 0.6) is 5.75 Å². The first-order chi connectivity index (χ1) is 13.2. The predicted octanol–water partition coefficient (Wildman–Crippen LogP) is 3.90. The van der Waals surface area contributed by atoms with Gasteiger partial charge in [0.15, 0.2) is 5.96 Å². The maximum atomic E-state index is 5.90. The standard InChI is InChI=1S/C21H37N3O3.HI/c1-5-22-21(23-12-8-9-13-25-6-2)24-17-19-11-10-18(4)16-20(19)27-15-14-26-7-3;/h10-11,16H,5-9,12-15,17H2,1-4H3,(H2,22,23,24);1H. The molecule has 0 aromatic heterocycles. The van der Waals surface area contributed by atoms with Gasteiger partial charge in [-0.3, -0.25) is 0 Å². The van der Waals surface area contributed by atoms with Crippen molar-refractivity contribution in [2.75, 3.05) is 46.1 Å². The lowest BCUT2D eigenvalue weighted by atomic mass is 10.1. The van der Waals surface area contributed by atoms with Crippen molar-refractivity contribution in [3.63, 3.8) is 0 Å². The minimum Gasteiger partial charge on any atom is -0.491 e. The van der Waals surface area contributed by atoms with E-state index in [1.807, 2.05) is 13.8 Å². The molecule has 0 fully saturated rings. The van der Waals surface area contributed by atoms with Crippen LogP contribution in [-0.4, -0.2) is 52.1 Å². The summed E-state index contributed by atoms with van der Waals surface area (Å²) in [6.07, 6.45) is 2.11. The van der Waals surface area contributed by atoms with Gasteiger partial charge in [-0.2, -0.15) is 0 Å². The maximum Gasteiger partial charge on any atom is 0.191 e. The Bertz CT molecular complexity index is 542. The molecule has 0 amide bonds. The molecule has 1 rings (SSSR count). The minimum absolute atomic E-state index is 0. The van der Waals surface area contributed by atoms with Gasteiger partial charge in [0, 0.05) is 38.5 Å². The average molecular weight is 507 g/mol. The number of rotatable bonds is 14. The van der Waals surface area contributed by atoms with Crippen LogP contribution in [0, 0.1) is 6.92 Å². The van der Waals surface area contributed by atoms with Gasteiger partial charge >= 0.3 is 0 Å². The fraction of sp³-hybridized carbons (Fsp3) is 0.667. The summed E-state index contributed by atoms with van der Waals surface area (Å²) in [5.74, 6) is 1.71. The van der Waals surface area contributed by atoms with Gasteiger partial charge in [0.25, 0.3) is 0 Å². The molecule has 0 aliphatic rings. The Morgan fingerprint density at radius 1 is 0.964 bits per heavy atom. The monoisotopic (exact) mass is 507 g/mol. The fourth-order valence-corrected chi connectivity index (χ4v) is 2.47. The molecule has 0 unspecified atom stereocenters. The molecule has 28 heavy (non-hydrogen) atoms. The second-order valence-electron chi connectivity index (χ2n) is 6.18. The molecule has 162 valence electrons. The summed E-state index contributed by atoms with van der Waals surface area (Å²) in [5, 5.41) is 6.67. The molecule has 6 nitrogen and oxygen atoms in total. The smallest absolute Gasteiger partial charge is 0.191 e. The fourth-order valence-electron chi connectivity index (χ4n) is 2.47. The van der Waals surface area contributed by atoms with Crippen molar-refractivity contribution >= 4 is 29.9 Å². The minimum atomic E-state index is 0. The number of nitrogens with one attached hydrogen (secondary N) is 2. The van der Waals surface area contributed by atoms with Gasteiger partial charge in [0.05, 0.1) is 13.2 Å². The predicted molar refractivity (Wildman–Crippen MR) is 127 cm³/mol. The van der Waals surface area contributed by atoms with Crippen LogP contribution < -0.4 is 15.4 Å². The van der Waals surface area contributed by atoms with Crippen molar-refractivity contribution < 1.29 is 14.2 Å². The lowest BCUT2D eigenvalue weighted by Crippen LogP contribution is -2.37. The Balaban J connectivity index is 0.00000729. The van der Waals surface area contributed by atoms with Crippen LogP contribution in [0.15, 0.2) is 23.2 Å². The summed E-state index contributed by atoms with van der Waals surface area (Å²) >= 11 is 0. The van der Waals surface area contributed by atoms with E-state index in [0.717, 1.165) is 56.4 Å². The van der Waals surface area contributed by atoms with E-state index in [-0.39, 0.29) is 24.0 Å². The Kier molecular flexibility index (Phi) is 17.3. The van der Waals surface area contributed by atoms with Crippen molar-refractivity contribution in [2.24, 2.45) is 4.99 Å². The Labute approximate surface area is 187 Å². The van der Waals surface area contributed by atoms with Crippen molar-refractivity contribution in [3.05, 3.63) is 29.3 Å². The van der Waals surface area contributed by atoms with E-state index in [0.29, 0.717) is 26.4 Å². The van der Waals surface area contributed by atoms with Crippen molar-refractivity contribution in [3.8, 4) is 5.75 Å². The van der Waals surface area contributed by atoms with E-state index >= 15 is 0 Å². The van der Waals surface area contributed by atoms with E-state index in [1.54, 1.807) is 0 Å². The number of halogens is 1. The number of benzene rings is 1. The molecule has 0 saturated heterocycles. The molecular weight excluding hydrogens is 469 g/mol. The zero-order valence-electron chi connectivity index (χ0n) is 17.9. The number of ether oxygens (including phenoxy) is 3. The molecule has 0 bridgehead atoms. The third-order valence-electron chi connectivity index (χ3n) is 3.88. The van der Waals surface area contributed by atoms with Gasteiger partial charge in [0.1, 0.15) is 12.4 Å². The van der Waals surface area contributed by atoms with Gasteiger partial charge < -0.3 is 24.8 Å². The van der Waals surface area contributed by atoms with Crippen LogP contribution in [-0.2, 0) is 16.0 Å².